The predicted molar refractivity (Wildman–Crippen MR) is 268 cm³/mol. The average molecular weight is 822 g/mol. The molecular formula is C60H39NOS. The summed E-state index contributed by atoms with van der Waals surface area (Å²) in [7, 11) is 0. The van der Waals surface area contributed by atoms with Crippen molar-refractivity contribution in [2.24, 2.45) is 0 Å². The molecule has 0 atom stereocenters. The Morgan fingerprint density at radius 1 is 0.302 bits per heavy atom. The van der Waals surface area contributed by atoms with Crippen LogP contribution in [0.3, 0.4) is 0 Å². The SMILES string of the molecule is c1ccc(-c2cc(-c3ccccc3)c3sc4c(N(c5ccc(-c6ccccc6-c6ccccc6)cc5)c5ccc(-c6cccc7c6oc6ccccc67)cc5)cccc4c3c2)cc1. The number of furan rings is 1. The van der Waals surface area contributed by atoms with Crippen molar-refractivity contribution >= 4 is 70.5 Å². The van der Waals surface area contributed by atoms with Crippen molar-refractivity contribution in [1.29, 1.82) is 0 Å². The molecule has 0 fully saturated rings. The lowest BCUT2D eigenvalue weighted by molar-refractivity contribution is 0.670. The van der Waals surface area contributed by atoms with Crippen molar-refractivity contribution in [2.75, 3.05) is 4.90 Å². The fourth-order valence-corrected chi connectivity index (χ4v) is 10.6. The number of fused-ring (bicyclic) bond motifs is 6. The Bertz CT molecular complexity index is 3590. The normalized spacial score (nSPS) is 11.5. The maximum atomic E-state index is 6.48. The molecule has 0 aliphatic carbocycles. The summed E-state index contributed by atoms with van der Waals surface area (Å²) in [6.45, 7) is 0. The van der Waals surface area contributed by atoms with E-state index in [1.165, 1.54) is 64.7 Å². The van der Waals surface area contributed by atoms with Crippen LogP contribution in [0.1, 0.15) is 0 Å². The van der Waals surface area contributed by atoms with E-state index in [9.17, 15) is 0 Å². The lowest BCUT2D eigenvalue weighted by atomic mass is 9.94. The van der Waals surface area contributed by atoms with Gasteiger partial charge in [-0.2, -0.15) is 0 Å². The molecule has 296 valence electrons. The van der Waals surface area contributed by atoms with Gasteiger partial charge in [0.1, 0.15) is 11.2 Å². The number of hydrogen-bond donors (Lipinski definition) is 0. The summed E-state index contributed by atoms with van der Waals surface area (Å²) in [6, 6.07) is 85.3. The average Bonchev–Trinajstić information content (AvgIpc) is 3.94. The highest BCUT2D eigenvalue weighted by atomic mass is 32.1. The molecule has 0 bridgehead atoms. The molecule has 0 amide bonds. The van der Waals surface area contributed by atoms with Gasteiger partial charge in [0.25, 0.3) is 0 Å². The van der Waals surface area contributed by atoms with Crippen molar-refractivity contribution < 1.29 is 4.42 Å². The van der Waals surface area contributed by atoms with Gasteiger partial charge in [0.2, 0.25) is 0 Å². The monoisotopic (exact) mass is 821 g/mol. The van der Waals surface area contributed by atoms with Gasteiger partial charge in [-0.1, -0.05) is 188 Å². The molecule has 0 saturated carbocycles. The number of rotatable bonds is 8. The van der Waals surface area contributed by atoms with Crippen LogP contribution in [0.5, 0.6) is 0 Å². The van der Waals surface area contributed by atoms with Gasteiger partial charge < -0.3 is 9.32 Å². The van der Waals surface area contributed by atoms with Crippen LogP contribution < -0.4 is 4.90 Å². The molecule has 63 heavy (non-hydrogen) atoms. The minimum atomic E-state index is 0.903. The molecule has 0 saturated heterocycles. The third-order valence-electron chi connectivity index (χ3n) is 12.3. The Labute approximate surface area is 370 Å². The van der Waals surface area contributed by atoms with Crippen LogP contribution in [0, 0.1) is 0 Å². The van der Waals surface area contributed by atoms with Crippen molar-refractivity contribution in [3.8, 4) is 55.6 Å². The van der Waals surface area contributed by atoms with Crippen molar-refractivity contribution in [3.05, 3.63) is 237 Å². The molecule has 2 nitrogen and oxygen atoms in total. The molecule has 0 radical (unpaired) electrons. The number of para-hydroxylation sites is 2. The van der Waals surface area contributed by atoms with E-state index in [4.69, 9.17) is 4.42 Å². The zero-order valence-corrected chi connectivity index (χ0v) is 35.1. The standard InChI is InChI=1S/C60H39NOS/c1-4-16-40(17-5-1)45-38-54(42-20-8-3-9-21-42)59-55(39-45)53-27-15-28-56(60(53)63-59)61(46-34-30-43(31-35-46)49-23-11-10-22-48(49)41-18-6-2-7-19-41)47-36-32-44(33-37-47)50-25-14-26-52-51-24-12-13-29-57(51)62-58(50)52/h1-39H. The van der Waals surface area contributed by atoms with Gasteiger partial charge in [-0.3, -0.25) is 0 Å². The summed E-state index contributed by atoms with van der Waals surface area (Å²) in [5.74, 6) is 0. The Balaban J connectivity index is 1.04. The first-order valence-corrected chi connectivity index (χ1v) is 22.2. The topological polar surface area (TPSA) is 16.4 Å². The van der Waals surface area contributed by atoms with E-state index in [1.54, 1.807) is 0 Å². The number of nitrogens with zero attached hydrogens (tertiary/aromatic N) is 1. The Hall–Kier alpha value is -7.98. The minimum Gasteiger partial charge on any atom is -0.455 e. The van der Waals surface area contributed by atoms with E-state index in [0.29, 0.717) is 0 Å². The van der Waals surface area contributed by atoms with E-state index >= 15 is 0 Å². The summed E-state index contributed by atoms with van der Waals surface area (Å²) < 4.78 is 9.01. The second kappa shape index (κ2) is 15.5. The van der Waals surface area contributed by atoms with E-state index in [0.717, 1.165) is 50.1 Å². The van der Waals surface area contributed by atoms with Crippen LogP contribution >= 0.6 is 11.3 Å². The van der Waals surface area contributed by atoms with Gasteiger partial charge in [-0.05, 0) is 93.0 Å². The van der Waals surface area contributed by atoms with Gasteiger partial charge in [0.05, 0.1) is 10.4 Å². The second-order valence-corrected chi connectivity index (χ2v) is 17.0. The zero-order chi connectivity index (χ0) is 41.7. The third-order valence-corrected chi connectivity index (χ3v) is 13.6. The fourth-order valence-electron chi connectivity index (χ4n) is 9.28. The van der Waals surface area contributed by atoms with E-state index in [-0.39, 0.29) is 0 Å². The molecule has 10 aromatic carbocycles. The maximum absolute atomic E-state index is 6.48. The summed E-state index contributed by atoms with van der Waals surface area (Å²) in [5.41, 5.74) is 17.0. The Morgan fingerprint density at radius 2 is 0.794 bits per heavy atom. The van der Waals surface area contributed by atoms with Crippen LogP contribution in [0.2, 0.25) is 0 Å². The lowest BCUT2D eigenvalue weighted by Gasteiger charge is -2.26. The highest BCUT2D eigenvalue weighted by Gasteiger charge is 2.21. The summed E-state index contributed by atoms with van der Waals surface area (Å²) in [4.78, 5) is 2.43. The largest absolute Gasteiger partial charge is 0.455 e. The molecule has 3 heteroatoms. The van der Waals surface area contributed by atoms with Crippen LogP contribution in [0.4, 0.5) is 17.1 Å². The first kappa shape index (κ1) is 36.8. The number of hydrogen-bond acceptors (Lipinski definition) is 3. The molecule has 0 spiro atoms. The number of thiophene rings is 1. The molecule has 2 aromatic heterocycles. The third kappa shape index (κ3) is 6.50. The quantitative estimate of drug-likeness (QED) is 0.152. The van der Waals surface area contributed by atoms with Gasteiger partial charge in [0, 0.05) is 48.7 Å². The molecule has 0 N–H and O–H groups in total. The van der Waals surface area contributed by atoms with Crippen molar-refractivity contribution in [2.45, 2.75) is 0 Å². The smallest absolute Gasteiger partial charge is 0.143 e. The van der Waals surface area contributed by atoms with Gasteiger partial charge in [-0.15, -0.1) is 11.3 Å². The molecule has 12 aromatic rings. The molecule has 0 aliphatic rings. The Morgan fingerprint density at radius 3 is 1.46 bits per heavy atom. The summed E-state index contributed by atoms with van der Waals surface area (Å²) in [5, 5.41) is 4.77. The number of anilines is 3. The molecule has 0 aliphatic heterocycles. The van der Waals surface area contributed by atoms with E-state index in [2.05, 4.69) is 229 Å². The van der Waals surface area contributed by atoms with Gasteiger partial charge in [-0.25, -0.2) is 0 Å². The second-order valence-electron chi connectivity index (χ2n) is 16.0. The highest BCUT2D eigenvalue weighted by Crippen LogP contribution is 2.49. The molecule has 0 unspecified atom stereocenters. The zero-order valence-electron chi connectivity index (χ0n) is 34.3. The molecule has 2 heterocycles. The highest BCUT2D eigenvalue weighted by molar-refractivity contribution is 7.27. The summed E-state index contributed by atoms with van der Waals surface area (Å²) >= 11 is 1.88. The number of benzene rings is 10. The first-order valence-electron chi connectivity index (χ1n) is 21.4. The van der Waals surface area contributed by atoms with Gasteiger partial charge in [0.15, 0.2) is 0 Å². The maximum Gasteiger partial charge on any atom is 0.143 e. The lowest BCUT2D eigenvalue weighted by Crippen LogP contribution is -2.10. The summed E-state index contributed by atoms with van der Waals surface area (Å²) in [6.07, 6.45) is 0. The molecular weight excluding hydrogens is 783 g/mol. The van der Waals surface area contributed by atoms with E-state index in [1.807, 2.05) is 23.5 Å². The fraction of sp³-hybridized carbons (Fsp3) is 0. The first-order chi connectivity index (χ1) is 31.2. The van der Waals surface area contributed by atoms with Crippen molar-refractivity contribution in [3.63, 3.8) is 0 Å². The predicted octanol–water partition coefficient (Wildman–Crippen LogP) is 17.8. The van der Waals surface area contributed by atoms with Crippen LogP contribution in [0.15, 0.2) is 241 Å². The minimum absolute atomic E-state index is 0.903. The van der Waals surface area contributed by atoms with Crippen LogP contribution in [-0.2, 0) is 0 Å². The Kier molecular flexibility index (Phi) is 9.06. The molecule has 12 rings (SSSR count). The van der Waals surface area contributed by atoms with E-state index < -0.39 is 0 Å². The van der Waals surface area contributed by atoms with Crippen LogP contribution in [-0.4, -0.2) is 0 Å². The van der Waals surface area contributed by atoms with Gasteiger partial charge >= 0.3 is 0 Å². The van der Waals surface area contributed by atoms with Crippen molar-refractivity contribution in [1.82, 2.24) is 0 Å². The van der Waals surface area contributed by atoms with Crippen LogP contribution in [0.25, 0.3) is 97.7 Å².